The van der Waals surface area contributed by atoms with Gasteiger partial charge in [-0.15, -0.1) is 0 Å². The molecule has 0 saturated carbocycles. The average molecular weight is 295 g/mol. The van der Waals surface area contributed by atoms with E-state index in [4.69, 9.17) is 11.6 Å². The molecule has 0 unspecified atom stereocenters. The third-order valence-electron chi connectivity index (χ3n) is 3.71. The van der Waals surface area contributed by atoms with Gasteiger partial charge in [0.1, 0.15) is 0 Å². The number of nitrogens with one attached hydrogen (secondary N) is 1. The van der Waals surface area contributed by atoms with Crippen LogP contribution >= 0.6 is 11.6 Å². The number of nitrogens with zero attached hydrogens (tertiary/aromatic N) is 1. The fourth-order valence-electron chi connectivity index (χ4n) is 3.02. The van der Waals surface area contributed by atoms with Gasteiger partial charge in [0.2, 0.25) is 5.91 Å². The number of anilines is 1. The Morgan fingerprint density at radius 1 is 1.35 bits per heavy atom. The van der Waals surface area contributed by atoms with Gasteiger partial charge in [-0.05, 0) is 36.5 Å². The monoisotopic (exact) mass is 294 g/mol. The Kier molecular flexibility index (Phi) is 5.44. The summed E-state index contributed by atoms with van der Waals surface area (Å²) in [6, 6.07) is 7.26. The molecule has 20 heavy (non-hydrogen) atoms. The summed E-state index contributed by atoms with van der Waals surface area (Å²) >= 11 is 5.90. The molecule has 1 aromatic carbocycles. The van der Waals surface area contributed by atoms with E-state index in [0.29, 0.717) is 11.4 Å². The molecular weight excluding hydrogens is 272 g/mol. The number of rotatable bonds is 4. The minimum absolute atomic E-state index is 0.0538. The zero-order valence-electron chi connectivity index (χ0n) is 12.2. The molecule has 1 fully saturated rings. The third kappa shape index (κ3) is 4.80. The molecule has 1 heterocycles. The first-order chi connectivity index (χ1) is 9.52. The predicted molar refractivity (Wildman–Crippen MR) is 84.1 cm³/mol. The van der Waals surface area contributed by atoms with Crippen LogP contribution in [0.25, 0.3) is 0 Å². The van der Waals surface area contributed by atoms with Crippen molar-refractivity contribution in [2.24, 2.45) is 11.8 Å². The highest BCUT2D eigenvalue weighted by Crippen LogP contribution is 2.21. The summed E-state index contributed by atoms with van der Waals surface area (Å²) in [5.74, 6) is 1.52. The Labute approximate surface area is 126 Å². The van der Waals surface area contributed by atoms with Crippen molar-refractivity contribution < 1.29 is 4.79 Å². The first-order valence-corrected chi connectivity index (χ1v) is 7.68. The van der Waals surface area contributed by atoms with E-state index in [-0.39, 0.29) is 5.91 Å². The Morgan fingerprint density at radius 3 is 2.70 bits per heavy atom. The number of hydrogen-bond donors (Lipinski definition) is 1. The van der Waals surface area contributed by atoms with Crippen LogP contribution in [-0.2, 0) is 4.79 Å². The van der Waals surface area contributed by atoms with Gasteiger partial charge < -0.3 is 10.2 Å². The van der Waals surface area contributed by atoms with Crippen molar-refractivity contribution in [3.63, 3.8) is 0 Å². The zero-order chi connectivity index (χ0) is 14.5. The van der Waals surface area contributed by atoms with Gasteiger partial charge in [-0.1, -0.05) is 31.5 Å². The van der Waals surface area contributed by atoms with Crippen molar-refractivity contribution in [1.82, 2.24) is 4.90 Å². The van der Waals surface area contributed by atoms with Gasteiger partial charge >= 0.3 is 0 Å². The molecule has 110 valence electrons. The highest BCUT2D eigenvalue weighted by Gasteiger charge is 2.21. The number of benzene rings is 1. The van der Waals surface area contributed by atoms with E-state index < -0.39 is 0 Å². The molecule has 0 radical (unpaired) electrons. The molecule has 0 spiro atoms. The van der Waals surface area contributed by atoms with E-state index in [1.54, 1.807) is 12.1 Å². The molecule has 0 aliphatic carbocycles. The smallest absolute Gasteiger partial charge is 0.225 e. The highest BCUT2D eigenvalue weighted by atomic mass is 35.5. The maximum atomic E-state index is 11.9. The van der Waals surface area contributed by atoms with E-state index in [1.807, 2.05) is 12.1 Å². The van der Waals surface area contributed by atoms with E-state index in [9.17, 15) is 4.79 Å². The second kappa shape index (κ2) is 7.09. The van der Waals surface area contributed by atoms with Gasteiger partial charge in [0, 0.05) is 36.8 Å². The largest absolute Gasteiger partial charge is 0.326 e. The number of carbonyl (C=O) groups is 1. The number of likely N-dealkylation sites (tertiary alicyclic amines) is 1. The quantitative estimate of drug-likeness (QED) is 0.919. The first-order valence-electron chi connectivity index (χ1n) is 7.30. The third-order valence-corrected chi connectivity index (χ3v) is 3.94. The summed E-state index contributed by atoms with van der Waals surface area (Å²) in [5.41, 5.74) is 0.767. The summed E-state index contributed by atoms with van der Waals surface area (Å²) in [5, 5.41) is 3.53. The van der Waals surface area contributed by atoms with Crippen LogP contribution in [0.2, 0.25) is 5.02 Å². The number of carbonyl (C=O) groups excluding carboxylic acids is 1. The van der Waals surface area contributed by atoms with Crippen LogP contribution in [0, 0.1) is 11.8 Å². The summed E-state index contributed by atoms with van der Waals surface area (Å²) < 4.78 is 0. The number of hydrogen-bond acceptors (Lipinski definition) is 2. The van der Waals surface area contributed by atoms with E-state index in [2.05, 4.69) is 24.1 Å². The lowest BCUT2D eigenvalue weighted by Crippen LogP contribution is -2.40. The van der Waals surface area contributed by atoms with Gasteiger partial charge in [-0.3, -0.25) is 4.79 Å². The van der Waals surface area contributed by atoms with Crippen molar-refractivity contribution >= 4 is 23.2 Å². The number of amides is 1. The fourth-order valence-corrected chi connectivity index (χ4v) is 3.21. The van der Waals surface area contributed by atoms with Gasteiger partial charge in [-0.2, -0.15) is 0 Å². The maximum absolute atomic E-state index is 11.9. The Hall–Kier alpha value is -1.06. The number of piperidine rings is 1. The van der Waals surface area contributed by atoms with E-state index in [1.165, 1.54) is 6.42 Å². The molecule has 1 saturated heterocycles. The molecule has 2 rings (SSSR count). The minimum Gasteiger partial charge on any atom is -0.326 e. The molecule has 1 amide bonds. The second-order valence-electron chi connectivity index (χ2n) is 6.01. The molecule has 1 N–H and O–H groups in total. The molecule has 1 aromatic rings. The van der Waals surface area contributed by atoms with Crippen molar-refractivity contribution in [1.29, 1.82) is 0 Å². The van der Waals surface area contributed by atoms with Crippen LogP contribution < -0.4 is 5.32 Å². The van der Waals surface area contributed by atoms with Crippen LogP contribution in [0.4, 0.5) is 5.69 Å². The van der Waals surface area contributed by atoms with Crippen molar-refractivity contribution in [2.45, 2.75) is 26.7 Å². The summed E-state index contributed by atoms with van der Waals surface area (Å²) in [7, 11) is 0. The molecule has 2 atom stereocenters. The maximum Gasteiger partial charge on any atom is 0.225 e. The Bertz CT molecular complexity index is 454. The SMILES string of the molecule is C[C@@H]1C[C@H](C)CN(CCC(=O)Nc2cccc(Cl)c2)C1. The van der Waals surface area contributed by atoms with Crippen LogP contribution in [0.3, 0.4) is 0 Å². The topological polar surface area (TPSA) is 32.3 Å². The average Bonchev–Trinajstić information content (AvgIpc) is 2.35. The first kappa shape index (κ1) is 15.3. The Morgan fingerprint density at radius 2 is 2.05 bits per heavy atom. The molecule has 0 bridgehead atoms. The molecule has 3 nitrogen and oxygen atoms in total. The van der Waals surface area contributed by atoms with Crippen molar-refractivity contribution in [3.8, 4) is 0 Å². The predicted octanol–water partition coefficient (Wildman–Crippen LogP) is 3.65. The summed E-state index contributed by atoms with van der Waals surface area (Å²) in [4.78, 5) is 14.3. The minimum atomic E-state index is 0.0538. The highest BCUT2D eigenvalue weighted by molar-refractivity contribution is 6.30. The van der Waals surface area contributed by atoms with Crippen molar-refractivity contribution in [3.05, 3.63) is 29.3 Å². The van der Waals surface area contributed by atoms with Crippen LogP contribution in [0.5, 0.6) is 0 Å². The van der Waals surface area contributed by atoms with Crippen molar-refractivity contribution in [2.75, 3.05) is 25.0 Å². The number of halogens is 1. The lowest BCUT2D eigenvalue weighted by atomic mass is 9.92. The normalized spacial score (nSPS) is 23.6. The lowest BCUT2D eigenvalue weighted by molar-refractivity contribution is -0.116. The molecule has 0 aromatic heterocycles. The fraction of sp³-hybridized carbons (Fsp3) is 0.562. The van der Waals surface area contributed by atoms with Gasteiger partial charge in [0.15, 0.2) is 0 Å². The van der Waals surface area contributed by atoms with Gasteiger partial charge in [-0.25, -0.2) is 0 Å². The van der Waals surface area contributed by atoms with Gasteiger partial charge in [0.25, 0.3) is 0 Å². The lowest BCUT2D eigenvalue weighted by Gasteiger charge is -2.34. The van der Waals surface area contributed by atoms with Crippen LogP contribution in [0.15, 0.2) is 24.3 Å². The van der Waals surface area contributed by atoms with E-state index in [0.717, 1.165) is 37.2 Å². The second-order valence-corrected chi connectivity index (χ2v) is 6.45. The molecule has 1 aliphatic rings. The molecular formula is C16H23ClN2O. The Balaban J connectivity index is 1.77. The molecule has 4 heteroatoms. The standard InChI is InChI=1S/C16H23ClN2O/c1-12-8-13(2)11-19(10-12)7-6-16(20)18-15-5-3-4-14(17)9-15/h3-5,9,12-13H,6-8,10-11H2,1-2H3,(H,18,20)/t12-,13+. The molecule has 1 aliphatic heterocycles. The van der Waals surface area contributed by atoms with Gasteiger partial charge in [0.05, 0.1) is 0 Å². The summed E-state index contributed by atoms with van der Waals surface area (Å²) in [6.45, 7) is 7.62. The summed E-state index contributed by atoms with van der Waals surface area (Å²) in [6.07, 6.45) is 1.83. The van der Waals surface area contributed by atoms with E-state index >= 15 is 0 Å². The van der Waals surface area contributed by atoms with Crippen LogP contribution in [0.1, 0.15) is 26.7 Å². The van der Waals surface area contributed by atoms with Crippen LogP contribution in [-0.4, -0.2) is 30.4 Å². The zero-order valence-corrected chi connectivity index (χ0v) is 13.0.